The van der Waals surface area contributed by atoms with Crippen molar-refractivity contribution in [3.05, 3.63) is 33.6 Å². The van der Waals surface area contributed by atoms with Crippen molar-refractivity contribution in [1.82, 2.24) is 10.2 Å². The Labute approximate surface area is 112 Å². The topological polar surface area (TPSA) is 15.3 Å². The molecule has 0 atom stereocenters. The molecule has 0 aliphatic carbocycles. The summed E-state index contributed by atoms with van der Waals surface area (Å²) in [5, 5.41) is 3.20. The first-order valence-electron chi connectivity index (χ1n) is 5.84. The molecule has 1 aromatic carbocycles. The Kier molecular flexibility index (Phi) is 4.64. The second-order valence-electron chi connectivity index (χ2n) is 4.29. The molecular weight excluding hydrogens is 309 g/mol. The molecule has 100 valence electrons. The normalized spacial score (nSPS) is 17.1. The van der Waals surface area contributed by atoms with Crippen molar-refractivity contribution in [3.63, 3.8) is 0 Å². The lowest BCUT2D eigenvalue weighted by molar-refractivity contribution is 0.242. The van der Waals surface area contributed by atoms with Crippen LogP contribution < -0.4 is 5.32 Å². The Balaban J connectivity index is 2.08. The summed E-state index contributed by atoms with van der Waals surface area (Å²) in [5.74, 6) is -2.80. The van der Waals surface area contributed by atoms with Crippen molar-refractivity contribution in [2.45, 2.75) is 6.42 Å². The zero-order valence-corrected chi connectivity index (χ0v) is 11.4. The summed E-state index contributed by atoms with van der Waals surface area (Å²) in [4.78, 5) is 2.11. The molecule has 1 aromatic rings. The number of benzene rings is 1. The van der Waals surface area contributed by atoms with Crippen LogP contribution >= 0.6 is 15.9 Å². The summed E-state index contributed by atoms with van der Waals surface area (Å²) in [6, 6.07) is 0.818. The minimum Gasteiger partial charge on any atom is -0.314 e. The van der Waals surface area contributed by atoms with Gasteiger partial charge in [0.1, 0.15) is 5.82 Å². The van der Waals surface area contributed by atoms with E-state index < -0.39 is 17.5 Å². The highest BCUT2D eigenvalue weighted by molar-refractivity contribution is 9.10. The van der Waals surface area contributed by atoms with Gasteiger partial charge < -0.3 is 10.2 Å². The van der Waals surface area contributed by atoms with Crippen molar-refractivity contribution in [2.75, 3.05) is 32.7 Å². The minimum absolute atomic E-state index is 0.0308. The third-order valence-electron chi connectivity index (χ3n) is 3.09. The monoisotopic (exact) mass is 322 g/mol. The van der Waals surface area contributed by atoms with Gasteiger partial charge in [-0.25, -0.2) is 13.2 Å². The number of halogens is 4. The van der Waals surface area contributed by atoms with E-state index in [4.69, 9.17) is 0 Å². The number of nitrogens with zero attached hydrogens (tertiary/aromatic N) is 1. The second kappa shape index (κ2) is 6.04. The van der Waals surface area contributed by atoms with E-state index >= 15 is 0 Å². The summed E-state index contributed by atoms with van der Waals surface area (Å²) in [6.07, 6.45) is 0.175. The number of nitrogens with one attached hydrogen (secondary N) is 1. The first-order chi connectivity index (χ1) is 8.59. The Morgan fingerprint density at radius 1 is 1.17 bits per heavy atom. The van der Waals surface area contributed by atoms with Crippen molar-refractivity contribution in [2.24, 2.45) is 0 Å². The summed E-state index contributed by atoms with van der Waals surface area (Å²) < 4.78 is 40.4. The van der Waals surface area contributed by atoms with Crippen LogP contribution in [0.1, 0.15) is 5.56 Å². The van der Waals surface area contributed by atoms with Crippen LogP contribution in [-0.4, -0.2) is 37.6 Å². The second-order valence-corrected chi connectivity index (χ2v) is 5.14. The van der Waals surface area contributed by atoms with E-state index in [1.165, 1.54) is 0 Å². The van der Waals surface area contributed by atoms with Gasteiger partial charge >= 0.3 is 0 Å². The predicted octanol–water partition coefficient (Wildman–Crippen LogP) is 2.31. The molecule has 0 aromatic heterocycles. The third kappa shape index (κ3) is 3.05. The van der Waals surface area contributed by atoms with Crippen LogP contribution in [0.2, 0.25) is 0 Å². The molecule has 1 saturated heterocycles. The summed E-state index contributed by atoms with van der Waals surface area (Å²) in [6.45, 7) is 3.97. The Bertz CT molecular complexity index is 408. The summed E-state index contributed by atoms with van der Waals surface area (Å²) in [7, 11) is 0. The van der Waals surface area contributed by atoms with Crippen molar-refractivity contribution in [1.29, 1.82) is 0 Å². The van der Waals surface area contributed by atoms with Crippen molar-refractivity contribution in [3.8, 4) is 0 Å². The smallest absolute Gasteiger partial charge is 0.165 e. The molecule has 1 fully saturated rings. The number of hydrogen-bond acceptors (Lipinski definition) is 2. The van der Waals surface area contributed by atoms with E-state index in [1.807, 2.05) is 0 Å². The van der Waals surface area contributed by atoms with E-state index in [-0.39, 0.29) is 16.5 Å². The van der Waals surface area contributed by atoms with Gasteiger partial charge in [0.25, 0.3) is 0 Å². The van der Waals surface area contributed by atoms with Gasteiger partial charge in [0, 0.05) is 38.3 Å². The van der Waals surface area contributed by atoms with E-state index in [0.29, 0.717) is 6.54 Å². The molecule has 0 radical (unpaired) electrons. The lowest BCUT2D eigenvalue weighted by atomic mass is 10.1. The molecule has 0 bridgehead atoms. The van der Waals surface area contributed by atoms with Gasteiger partial charge in [0.05, 0.1) is 4.47 Å². The standard InChI is InChI=1S/C12H14BrF3N2/c13-9-7-10(14)12(16)8(11(9)15)1-4-18-5-2-17-3-6-18/h7,17H,1-6H2. The molecule has 0 spiro atoms. The highest BCUT2D eigenvalue weighted by Gasteiger charge is 2.18. The van der Waals surface area contributed by atoms with E-state index in [9.17, 15) is 13.2 Å². The fourth-order valence-corrected chi connectivity index (χ4v) is 2.49. The Hall–Kier alpha value is -0.590. The maximum absolute atomic E-state index is 13.7. The van der Waals surface area contributed by atoms with Gasteiger partial charge in [0.2, 0.25) is 0 Å². The molecule has 0 saturated carbocycles. The highest BCUT2D eigenvalue weighted by atomic mass is 79.9. The molecule has 1 N–H and O–H groups in total. The maximum atomic E-state index is 13.7. The zero-order chi connectivity index (χ0) is 13.1. The fourth-order valence-electron chi connectivity index (χ4n) is 2.05. The predicted molar refractivity (Wildman–Crippen MR) is 67.0 cm³/mol. The van der Waals surface area contributed by atoms with Gasteiger partial charge in [-0.15, -0.1) is 0 Å². The lowest BCUT2D eigenvalue weighted by Crippen LogP contribution is -2.44. The largest absolute Gasteiger partial charge is 0.314 e. The Morgan fingerprint density at radius 2 is 1.83 bits per heavy atom. The SMILES string of the molecule is Fc1cc(Br)c(F)c(CCN2CCNCC2)c1F. The summed E-state index contributed by atoms with van der Waals surface area (Å²) in [5.41, 5.74) is -0.180. The highest BCUT2D eigenvalue weighted by Crippen LogP contribution is 2.24. The number of hydrogen-bond donors (Lipinski definition) is 1. The molecule has 1 heterocycles. The van der Waals surface area contributed by atoms with Gasteiger partial charge in [-0.2, -0.15) is 0 Å². The van der Waals surface area contributed by atoms with Crippen LogP contribution in [0.4, 0.5) is 13.2 Å². The molecule has 18 heavy (non-hydrogen) atoms. The van der Waals surface area contributed by atoms with E-state index in [0.717, 1.165) is 32.2 Å². The molecule has 2 nitrogen and oxygen atoms in total. The van der Waals surface area contributed by atoms with Crippen molar-refractivity contribution >= 4 is 15.9 Å². The van der Waals surface area contributed by atoms with Crippen LogP contribution in [0.5, 0.6) is 0 Å². The average molecular weight is 323 g/mol. The molecule has 0 amide bonds. The molecule has 1 aliphatic heterocycles. The van der Waals surface area contributed by atoms with Crippen LogP contribution in [-0.2, 0) is 6.42 Å². The molecule has 2 rings (SSSR count). The third-order valence-corrected chi connectivity index (χ3v) is 3.67. The van der Waals surface area contributed by atoms with Crippen molar-refractivity contribution < 1.29 is 13.2 Å². The van der Waals surface area contributed by atoms with Gasteiger partial charge in [-0.1, -0.05) is 0 Å². The molecule has 0 unspecified atom stereocenters. The molecular formula is C12H14BrF3N2. The quantitative estimate of drug-likeness (QED) is 0.859. The number of rotatable bonds is 3. The van der Waals surface area contributed by atoms with Crippen LogP contribution in [0.3, 0.4) is 0 Å². The first kappa shape index (κ1) is 13.8. The van der Waals surface area contributed by atoms with E-state index in [2.05, 4.69) is 26.1 Å². The van der Waals surface area contributed by atoms with Gasteiger partial charge in [0.15, 0.2) is 11.6 Å². The molecule has 1 aliphatic rings. The lowest BCUT2D eigenvalue weighted by Gasteiger charge is -2.27. The Morgan fingerprint density at radius 3 is 2.50 bits per heavy atom. The van der Waals surface area contributed by atoms with Crippen LogP contribution in [0.25, 0.3) is 0 Å². The minimum atomic E-state index is -1.08. The van der Waals surface area contributed by atoms with E-state index in [1.54, 1.807) is 0 Å². The van der Waals surface area contributed by atoms with Gasteiger partial charge in [-0.3, -0.25) is 0 Å². The average Bonchev–Trinajstić information content (AvgIpc) is 2.38. The fraction of sp³-hybridized carbons (Fsp3) is 0.500. The zero-order valence-electron chi connectivity index (χ0n) is 9.78. The van der Waals surface area contributed by atoms with Crippen LogP contribution in [0, 0.1) is 17.5 Å². The van der Waals surface area contributed by atoms with Crippen LogP contribution in [0.15, 0.2) is 10.5 Å². The molecule has 6 heteroatoms. The van der Waals surface area contributed by atoms with Gasteiger partial charge in [-0.05, 0) is 28.4 Å². The maximum Gasteiger partial charge on any atom is 0.165 e. The number of piperazine rings is 1. The summed E-state index contributed by atoms with van der Waals surface area (Å²) >= 11 is 2.89. The first-order valence-corrected chi connectivity index (χ1v) is 6.64.